The molecule has 1 fully saturated rings. The summed E-state index contributed by atoms with van der Waals surface area (Å²) in [6.07, 6.45) is 1.69. The second-order valence-electron chi connectivity index (χ2n) is 8.18. The fourth-order valence-electron chi connectivity index (χ4n) is 3.55. The SMILES string of the molecule is COc1cc(/C=C2\SC(=S)N(c3ccc(C)cc3)C2=O)cc(Cl)c1OCC(=O)Nc1cc(Cl)ccc1C. The van der Waals surface area contributed by atoms with E-state index in [0.717, 1.165) is 11.1 Å². The lowest BCUT2D eigenvalue weighted by atomic mass is 10.1. The topological polar surface area (TPSA) is 67.9 Å². The number of methoxy groups -OCH3 is 1. The van der Waals surface area contributed by atoms with Gasteiger partial charge in [0.2, 0.25) is 0 Å². The number of ether oxygens (including phenoxy) is 2. The summed E-state index contributed by atoms with van der Waals surface area (Å²) in [4.78, 5) is 27.5. The molecule has 2 amide bonds. The number of carbonyl (C=O) groups is 2. The Morgan fingerprint density at radius 2 is 1.84 bits per heavy atom. The Labute approximate surface area is 234 Å². The first-order valence-electron chi connectivity index (χ1n) is 11.1. The Bertz CT molecular complexity index is 1420. The molecule has 1 saturated heterocycles. The summed E-state index contributed by atoms with van der Waals surface area (Å²) in [7, 11) is 1.47. The number of anilines is 2. The lowest BCUT2D eigenvalue weighted by Crippen LogP contribution is -2.27. The summed E-state index contributed by atoms with van der Waals surface area (Å²) in [5.74, 6) is -0.0689. The van der Waals surface area contributed by atoms with Crippen molar-refractivity contribution >= 4 is 80.8 Å². The standard InChI is InChI=1S/C27H22Cl2N2O4S2/c1-15-4-8-19(9-5-15)31-26(33)23(37-27(31)36)12-17-10-20(29)25(22(11-17)34-3)35-14-24(32)30-21-13-18(28)7-6-16(21)2/h4-13H,14H2,1-3H3,(H,30,32)/b23-12-. The maximum atomic E-state index is 13.1. The molecule has 0 aliphatic carbocycles. The average molecular weight is 574 g/mol. The van der Waals surface area contributed by atoms with Crippen LogP contribution < -0.4 is 19.7 Å². The Balaban J connectivity index is 1.50. The average Bonchev–Trinajstić information content (AvgIpc) is 3.13. The zero-order valence-electron chi connectivity index (χ0n) is 20.1. The summed E-state index contributed by atoms with van der Waals surface area (Å²) in [6.45, 7) is 3.54. The van der Waals surface area contributed by atoms with Gasteiger partial charge in [0.1, 0.15) is 0 Å². The van der Waals surface area contributed by atoms with Crippen LogP contribution in [0.1, 0.15) is 16.7 Å². The van der Waals surface area contributed by atoms with Crippen LogP contribution in [0, 0.1) is 13.8 Å². The number of nitrogens with one attached hydrogen (secondary N) is 1. The molecule has 0 unspecified atom stereocenters. The van der Waals surface area contributed by atoms with Crippen molar-refractivity contribution in [1.82, 2.24) is 0 Å². The van der Waals surface area contributed by atoms with E-state index in [1.54, 1.807) is 30.3 Å². The monoisotopic (exact) mass is 572 g/mol. The molecule has 0 aromatic heterocycles. The maximum Gasteiger partial charge on any atom is 0.270 e. The van der Waals surface area contributed by atoms with E-state index in [1.165, 1.54) is 23.8 Å². The van der Waals surface area contributed by atoms with Crippen LogP contribution in [-0.4, -0.2) is 29.9 Å². The predicted molar refractivity (Wildman–Crippen MR) is 155 cm³/mol. The van der Waals surface area contributed by atoms with Crippen molar-refractivity contribution in [3.05, 3.63) is 86.2 Å². The lowest BCUT2D eigenvalue weighted by molar-refractivity contribution is -0.118. The number of benzene rings is 3. The van der Waals surface area contributed by atoms with Gasteiger partial charge in [-0.05, 0) is 67.4 Å². The minimum absolute atomic E-state index is 0.214. The van der Waals surface area contributed by atoms with E-state index in [4.69, 9.17) is 44.9 Å². The number of hydrogen-bond donors (Lipinski definition) is 1. The number of halogens is 2. The first-order chi connectivity index (χ1) is 17.7. The number of thiocarbonyl (C=S) groups is 1. The van der Waals surface area contributed by atoms with E-state index in [1.807, 2.05) is 44.2 Å². The zero-order chi connectivity index (χ0) is 26.7. The van der Waals surface area contributed by atoms with E-state index in [-0.39, 0.29) is 29.2 Å². The molecule has 0 saturated carbocycles. The molecule has 6 nitrogen and oxygen atoms in total. The van der Waals surface area contributed by atoms with Crippen molar-refractivity contribution in [3.63, 3.8) is 0 Å². The third-order valence-electron chi connectivity index (χ3n) is 5.46. The van der Waals surface area contributed by atoms with Crippen molar-refractivity contribution in [2.75, 3.05) is 23.9 Å². The molecular weight excluding hydrogens is 551 g/mol. The Morgan fingerprint density at radius 3 is 2.54 bits per heavy atom. The summed E-state index contributed by atoms with van der Waals surface area (Å²) in [5.41, 5.74) is 3.88. The highest BCUT2D eigenvalue weighted by Gasteiger charge is 2.33. The predicted octanol–water partition coefficient (Wildman–Crippen LogP) is 7.04. The molecule has 3 aromatic rings. The zero-order valence-corrected chi connectivity index (χ0v) is 23.3. The van der Waals surface area contributed by atoms with Crippen LogP contribution in [0.4, 0.5) is 11.4 Å². The van der Waals surface area contributed by atoms with Gasteiger partial charge in [0.25, 0.3) is 11.8 Å². The number of thioether (sulfide) groups is 1. The van der Waals surface area contributed by atoms with Gasteiger partial charge < -0.3 is 14.8 Å². The van der Waals surface area contributed by atoms with Gasteiger partial charge in [0.05, 0.1) is 22.7 Å². The second-order valence-corrected chi connectivity index (χ2v) is 10.7. The van der Waals surface area contributed by atoms with Crippen LogP contribution >= 0.6 is 47.2 Å². The van der Waals surface area contributed by atoms with Crippen LogP contribution in [0.25, 0.3) is 6.08 Å². The third kappa shape index (κ3) is 6.27. The minimum Gasteiger partial charge on any atom is -0.493 e. The summed E-state index contributed by atoms with van der Waals surface area (Å²) in [5, 5.41) is 3.51. The highest BCUT2D eigenvalue weighted by molar-refractivity contribution is 8.27. The van der Waals surface area contributed by atoms with Gasteiger partial charge in [0, 0.05) is 10.7 Å². The third-order valence-corrected chi connectivity index (χ3v) is 7.27. The van der Waals surface area contributed by atoms with Crippen molar-refractivity contribution in [2.45, 2.75) is 13.8 Å². The van der Waals surface area contributed by atoms with E-state index < -0.39 is 0 Å². The summed E-state index contributed by atoms with van der Waals surface area (Å²) >= 11 is 19.2. The van der Waals surface area contributed by atoms with Gasteiger partial charge in [-0.3, -0.25) is 14.5 Å². The minimum atomic E-state index is -0.382. The molecule has 1 heterocycles. The molecule has 0 bridgehead atoms. The van der Waals surface area contributed by atoms with E-state index >= 15 is 0 Å². The van der Waals surface area contributed by atoms with Crippen LogP contribution in [0.15, 0.2) is 59.5 Å². The summed E-state index contributed by atoms with van der Waals surface area (Å²) < 4.78 is 11.6. The maximum absolute atomic E-state index is 13.1. The number of amides is 2. The number of carbonyl (C=O) groups excluding carboxylic acids is 2. The van der Waals surface area contributed by atoms with Crippen LogP contribution in [0.3, 0.4) is 0 Å². The first-order valence-corrected chi connectivity index (χ1v) is 13.1. The molecule has 1 aliphatic rings. The molecule has 0 spiro atoms. The Morgan fingerprint density at radius 1 is 1.11 bits per heavy atom. The molecule has 4 rings (SSSR count). The van der Waals surface area contributed by atoms with Gasteiger partial charge in [0.15, 0.2) is 22.4 Å². The highest BCUT2D eigenvalue weighted by atomic mass is 35.5. The number of nitrogens with zero attached hydrogens (tertiary/aromatic N) is 1. The summed E-state index contributed by atoms with van der Waals surface area (Å²) in [6, 6.07) is 16.1. The molecule has 3 aromatic carbocycles. The van der Waals surface area contributed by atoms with E-state index in [9.17, 15) is 9.59 Å². The molecule has 1 aliphatic heterocycles. The van der Waals surface area contributed by atoms with Gasteiger partial charge in [-0.2, -0.15) is 0 Å². The van der Waals surface area contributed by atoms with Crippen LogP contribution in [0.2, 0.25) is 10.0 Å². The second kappa shape index (κ2) is 11.6. The Hall–Kier alpha value is -3.04. The van der Waals surface area contributed by atoms with Gasteiger partial charge in [-0.1, -0.05) is 70.9 Å². The van der Waals surface area contributed by atoms with Crippen molar-refractivity contribution in [3.8, 4) is 11.5 Å². The number of hydrogen-bond acceptors (Lipinski definition) is 6. The highest BCUT2D eigenvalue weighted by Crippen LogP contribution is 2.40. The Kier molecular flexibility index (Phi) is 8.44. The van der Waals surface area contributed by atoms with Crippen molar-refractivity contribution < 1.29 is 19.1 Å². The van der Waals surface area contributed by atoms with E-state index in [0.29, 0.717) is 36.9 Å². The van der Waals surface area contributed by atoms with E-state index in [2.05, 4.69) is 5.32 Å². The molecule has 190 valence electrons. The van der Waals surface area contributed by atoms with Gasteiger partial charge in [-0.15, -0.1) is 0 Å². The van der Waals surface area contributed by atoms with Crippen molar-refractivity contribution in [2.24, 2.45) is 0 Å². The number of aryl methyl sites for hydroxylation is 2. The molecule has 0 atom stereocenters. The molecule has 1 N–H and O–H groups in total. The molecule has 37 heavy (non-hydrogen) atoms. The van der Waals surface area contributed by atoms with Gasteiger partial charge >= 0.3 is 0 Å². The molecular formula is C27H22Cl2N2O4S2. The van der Waals surface area contributed by atoms with Crippen LogP contribution in [-0.2, 0) is 9.59 Å². The largest absolute Gasteiger partial charge is 0.493 e. The molecule has 0 radical (unpaired) electrons. The fourth-order valence-corrected chi connectivity index (χ4v) is 5.30. The normalized spacial score (nSPS) is 14.3. The lowest BCUT2D eigenvalue weighted by Gasteiger charge is -2.15. The first kappa shape index (κ1) is 27.0. The molecule has 10 heteroatoms. The van der Waals surface area contributed by atoms with Crippen LogP contribution in [0.5, 0.6) is 11.5 Å². The smallest absolute Gasteiger partial charge is 0.270 e. The quantitative estimate of drug-likeness (QED) is 0.242. The van der Waals surface area contributed by atoms with Crippen molar-refractivity contribution in [1.29, 1.82) is 0 Å². The number of rotatable bonds is 7. The van der Waals surface area contributed by atoms with Gasteiger partial charge in [-0.25, -0.2) is 0 Å². The fraction of sp³-hybridized carbons (Fsp3) is 0.148.